The number of nitro groups is 2. The highest BCUT2D eigenvalue weighted by Crippen LogP contribution is 2.22. The number of rotatable bonds is 9. The number of aliphatic hydroxyl groups excluding tert-OH is 2. The number of carbonyl (C=O) groups excluding carboxylic acids is 1. The lowest BCUT2D eigenvalue weighted by Crippen LogP contribution is -2.42. The summed E-state index contributed by atoms with van der Waals surface area (Å²) in [5.41, 5.74) is 0.612. The molecule has 1 amide bonds. The molecule has 29 heavy (non-hydrogen) atoms. The Morgan fingerprint density at radius 1 is 1.21 bits per heavy atom. The molecule has 0 fully saturated rings. The second-order valence-corrected chi connectivity index (χ2v) is 6.40. The molecule has 3 N–H and O–H groups in total. The SMILES string of the molecule is Cc1nn(CCC(=O)NC(CO)C(O)c2ccc([N+](=O)[O-])cc2)c(C)c1[N+](=O)[O-]. The van der Waals surface area contributed by atoms with Crippen LogP contribution in [0.3, 0.4) is 0 Å². The van der Waals surface area contributed by atoms with E-state index >= 15 is 0 Å². The van der Waals surface area contributed by atoms with Crippen LogP contribution in [0.4, 0.5) is 11.4 Å². The van der Waals surface area contributed by atoms with Crippen molar-refractivity contribution < 1.29 is 24.9 Å². The van der Waals surface area contributed by atoms with Gasteiger partial charge in [-0.05, 0) is 31.5 Å². The van der Waals surface area contributed by atoms with Gasteiger partial charge < -0.3 is 15.5 Å². The zero-order chi connectivity index (χ0) is 21.7. The fourth-order valence-corrected chi connectivity index (χ4v) is 2.91. The van der Waals surface area contributed by atoms with Gasteiger partial charge in [0.05, 0.1) is 29.0 Å². The number of hydrogen-bond donors (Lipinski definition) is 3. The van der Waals surface area contributed by atoms with E-state index in [1.165, 1.54) is 42.8 Å². The number of non-ortho nitro benzene ring substituents is 1. The van der Waals surface area contributed by atoms with E-state index in [2.05, 4.69) is 10.4 Å². The van der Waals surface area contributed by atoms with E-state index in [0.29, 0.717) is 11.3 Å². The van der Waals surface area contributed by atoms with E-state index in [1.807, 2.05) is 0 Å². The van der Waals surface area contributed by atoms with Gasteiger partial charge in [0.2, 0.25) is 5.91 Å². The van der Waals surface area contributed by atoms with Gasteiger partial charge in [0.1, 0.15) is 17.5 Å². The fraction of sp³-hybridized carbons (Fsp3) is 0.412. The summed E-state index contributed by atoms with van der Waals surface area (Å²) in [6, 6.07) is 4.08. The van der Waals surface area contributed by atoms with Gasteiger partial charge in [-0.1, -0.05) is 0 Å². The van der Waals surface area contributed by atoms with Crippen molar-refractivity contribution in [1.29, 1.82) is 0 Å². The van der Waals surface area contributed by atoms with Crippen LogP contribution in [0.25, 0.3) is 0 Å². The molecule has 2 atom stereocenters. The highest BCUT2D eigenvalue weighted by molar-refractivity contribution is 5.76. The minimum Gasteiger partial charge on any atom is -0.394 e. The minimum absolute atomic E-state index is 0.0808. The van der Waals surface area contributed by atoms with Crippen LogP contribution in [0.2, 0.25) is 0 Å². The number of benzene rings is 1. The van der Waals surface area contributed by atoms with Gasteiger partial charge in [0.25, 0.3) is 5.69 Å². The van der Waals surface area contributed by atoms with Gasteiger partial charge in [-0.3, -0.25) is 29.7 Å². The standard InChI is InChI=1S/C17H21N5O7/c1-10-16(22(28)29)11(2)20(19-10)8-7-15(24)18-14(9-23)17(25)12-3-5-13(6-4-12)21(26)27/h3-6,14,17,23,25H,7-9H2,1-2H3,(H,18,24). The van der Waals surface area contributed by atoms with Crippen molar-refractivity contribution in [1.82, 2.24) is 15.1 Å². The van der Waals surface area contributed by atoms with Crippen LogP contribution < -0.4 is 5.32 Å². The fourth-order valence-electron chi connectivity index (χ4n) is 2.91. The first-order valence-corrected chi connectivity index (χ1v) is 8.66. The molecule has 0 saturated heterocycles. The number of nitrogens with one attached hydrogen (secondary N) is 1. The van der Waals surface area contributed by atoms with Crippen molar-refractivity contribution in [3.8, 4) is 0 Å². The summed E-state index contributed by atoms with van der Waals surface area (Å²) in [5.74, 6) is -0.500. The lowest BCUT2D eigenvalue weighted by Gasteiger charge is -2.22. The van der Waals surface area contributed by atoms with Crippen LogP contribution in [0.15, 0.2) is 24.3 Å². The summed E-state index contributed by atoms with van der Waals surface area (Å²) in [6.45, 7) is 2.56. The van der Waals surface area contributed by atoms with Crippen molar-refractivity contribution in [2.24, 2.45) is 0 Å². The van der Waals surface area contributed by atoms with Gasteiger partial charge in [0.15, 0.2) is 0 Å². The molecule has 156 valence electrons. The minimum atomic E-state index is -1.28. The predicted molar refractivity (Wildman–Crippen MR) is 100 cm³/mol. The van der Waals surface area contributed by atoms with E-state index < -0.39 is 34.5 Å². The van der Waals surface area contributed by atoms with Crippen LogP contribution in [-0.2, 0) is 11.3 Å². The first-order valence-electron chi connectivity index (χ1n) is 8.66. The van der Waals surface area contributed by atoms with E-state index in [4.69, 9.17) is 0 Å². The molecule has 1 heterocycles. The van der Waals surface area contributed by atoms with Crippen LogP contribution in [-0.4, -0.2) is 48.4 Å². The molecule has 2 rings (SSSR count). The lowest BCUT2D eigenvalue weighted by atomic mass is 10.0. The molecule has 1 aromatic carbocycles. The topological polar surface area (TPSA) is 174 Å². The number of amides is 1. The Balaban J connectivity index is 2.00. The van der Waals surface area contributed by atoms with Crippen LogP contribution >= 0.6 is 0 Å². The maximum absolute atomic E-state index is 12.2. The maximum Gasteiger partial charge on any atom is 0.312 e. The molecule has 12 heteroatoms. The van der Waals surface area contributed by atoms with Crippen molar-refractivity contribution in [3.63, 3.8) is 0 Å². The summed E-state index contributed by atoms with van der Waals surface area (Å²) in [6.07, 6.45) is -1.36. The number of nitro benzene ring substituents is 1. The van der Waals surface area contributed by atoms with E-state index in [-0.39, 0.29) is 30.0 Å². The Morgan fingerprint density at radius 2 is 1.83 bits per heavy atom. The molecule has 2 aromatic rings. The molecule has 0 bridgehead atoms. The Bertz CT molecular complexity index is 910. The molecule has 0 spiro atoms. The van der Waals surface area contributed by atoms with Crippen LogP contribution in [0, 0.1) is 34.1 Å². The predicted octanol–water partition coefficient (Wildman–Crippen LogP) is 0.917. The third kappa shape index (κ3) is 5.12. The highest BCUT2D eigenvalue weighted by Gasteiger charge is 2.24. The zero-order valence-corrected chi connectivity index (χ0v) is 15.8. The summed E-state index contributed by atoms with van der Waals surface area (Å²) < 4.78 is 1.35. The van der Waals surface area contributed by atoms with Crippen LogP contribution in [0.5, 0.6) is 0 Å². The molecule has 0 aliphatic carbocycles. The lowest BCUT2D eigenvalue weighted by molar-refractivity contribution is -0.386. The van der Waals surface area contributed by atoms with Gasteiger partial charge in [0, 0.05) is 18.6 Å². The second kappa shape index (κ2) is 9.21. The molecular formula is C17H21N5O7. The van der Waals surface area contributed by atoms with Gasteiger partial charge >= 0.3 is 5.69 Å². The number of hydrogen-bond acceptors (Lipinski definition) is 8. The number of nitrogens with zero attached hydrogens (tertiary/aromatic N) is 4. The maximum atomic E-state index is 12.2. The first kappa shape index (κ1) is 21.9. The Kier molecular flexibility index (Phi) is 6.96. The summed E-state index contributed by atoms with van der Waals surface area (Å²) in [5, 5.41) is 48.1. The molecule has 2 unspecified atom stereocenters. The third-order valence-electron chi connectivity index (χ3n) is 4.45. The Hall–Kier alpha value is -3.38. The molecular weight excluding hydrogens is 386 g/mol. The second-order valence-electron chi connectivity index (χ2n) is 6.40. The molecule has 0 radical (unpaired) electrons. The van der Waals surface area contributed by atoms with Gasteiger partial charge in [-0.2, -0.15) is 5.10 Å². The average Bonchev–Trinajstić information content (AvgIpc) is 2.97. The Labute approximate surface area is 165 Å². The van der Waals surface area contributed by atoms with Crippen molar-refractivity contribution in [3.05, 3.63) is 61.4 Å². The molecule has 1 aromatic heterocycles. The average molecular weight is 407 g/mol. The van der Waals surface area contributed by atoms with E-state index in [9.17, 15) is 35.2 Å². The van der Waals surface area contributed by atoms with Crippen molar-refractivity contribution in [2.75, 3.05) is 6.61 Å². The summed E-state index contributed by atoms with van der Waals surface area (Å²) in [7, 11) is 0. The highest BCUT2D eigenvalue weighted by atomic mass is 16.6. The van der Waals surface area contributed by atoms with Gasteiger partial charge in [-0.25, -0.2) is 0 Å². The molecule has 0 saturated carbocycles. The number of aromatic nitrogens is 2. The molecule has 12 nitrogen and oxygen atoms in total. The quantitative estimate of drug-likeness (QED) is 0.406. The van der Waals surface area contributed by atoms with Crippen molar-refractivity contribution >= 4 is 17.3 Å². The molecule has 0 aliphatic heterocycles. The van der Waals surface area contributed by atoms with Gasteiger partial charge in [-0.15, -0.1) is 0 Å². The van der Waals surface area contributed by atoms with Crippen LogP contribution in [0.1, 0.15) is 29.5 Å². The molecule has 0 aliphatic rings. The van der Waals surface area contributed by atoms with E-state index in [1.54, 1.807) is 0 Å². The number of carbonyl (C=O) groups is 1. The normalized spacial score (nSPS) is 13.0. The first-order chi connectivity index (χ1) is 13.6. The smallest absolute Gasteiger partial charge is 0.312 e. The largest absolute Gasteiger partial charge is 0.394 e. The zero-order valence-electron chi connectivity index (χ0n) is 15.8. The third-order valence-corrected chi connectivity index (χ3v) is 4.45. The summed E-state index contributed by atoms with van der Waals surface area (Å²) in [4.78, 5) is 32.8. The Morgan fingerprint density at radius 3 is 2.31 bits per heavy atom. The summed E-state index contributed by atoms with van der Waals surface area (Å²) >= 11 is 0. The number of aliphatic hydroxyl groups is 2. The van der Waals surface area contributed by atoms with E-state index in [0.717, 1.165) is 0 Å². The monoisotopic (exact) mass is 407 g/mol. The number of aryl methyl sites for hydroxylation is 2. The van der Waals surface area contributed by atoms with Crippen molar-refractivity contribution in [2.45, 2.75) is 39.0 Å².